The molecule has 4 unspecified atom stereocenters. The fourth-order valence-corrected chi connectivity index (χ4v) is 3.40. The number of hydrogen-bond donors (Lipinski definition) is 1. The molecule has 0 saturated heterocycles. The number of alkyl halides is 3. The molecule has 1 rings (SSSR count). The van der Waals surface area contributed by atoms with Crippen LogP contribution in [0.15, 0.2) is 0 Å². The Balaban J connectivity index is 2.75. The minimum Gasteiger partial charge on any atom is -0.385 e. The Hall–Kier alpha value is -0.290. The van der Waals surface area contributed by atoms with E-state index in [1.807, 2.05) is 6.92 Å². The van der Waals surface area contributed by atoms with Gasteiger partial charge in [0.25, 0.3) is 0 Å². The molecule has 0 aromatic carbocycles. The molecule has 0 spiro atoms. The van der Waals surface area contributed by atoms with Gasteiger partial charge in [0.2, 0.25) is 0 Å². The first-order chi connectivity index (χ1) is 8.91. The van der Waals surface area contributed by atoms with Crippen LogP contribution in [0.5, 0.6) is 0 Å². The first kappa shape index (κ1) is 16.8. The summed E-state index contributed by atoms with van der Waals surface area (Å²) in [5.74, 6) is -1.26. The maximum atomic E-state index is 13.2. The first-order valence-corrected chi connectivity index (χ1v) is 7.14. The van der Waals surface area contributed by atoms with Gasteiger partial charge in [-0.15, -0.1) is 0 Å². The number of nitrogens with one attached hydrogen (secondary N) is 1. The molecule has 0 aromatic heterocycles. The molecular formula is C14H26F3NO. The second-order valence-corrected chi connectivity index (χ2v) is 5.67. The lowest BCUT2D eigenvalue weighted by Gasteiger charge is -2.40. The third-order valence-electron chi connectivity index (χ3n) is 4.42. The fourth-order valence-electron chi connectivity index (χ4n) is 3.40. The van der Waals surface area contributed by atoms with Gasteiger partial charge >= 0.3 is 6.18 Å². The Labute approximate surface area is 114 Å². The van der Waals surface area contributed by atoms with Crippen LogP contribution in [0.3, 0.4) is 0 Å². The van der Waals surface area contributed by atoms with E-state index in [1.165, 1.54) is 0 Å². The summed E-state index contributed by atoms with van der Waals surface area (Å²) in [6, 6.07) is -0.0814. The highest BCUT2D eigenvalue weighted by Crippen LogP contribution is 2.44. The van der Waals surface area contributed by atoms with Gasteiger partial charge in [0, 0.05) is 19.8 Å². The van der Waals surface area contributed by atoms with Crippen molar-refractivity contribution in [1.29, 1.82) is 0 Å². The zero-order valence-electron chi connectivity index (χ0n) is 12.1. The Morgan fingerprint density at radius 3 is 2.42 bits per heavy atom. The zero-order chi connectivity index (χ0) is 14.5. The lowest BCUT2D eigenvalue weighted by Crippen LogP contribution is -2.47. The predicted octanol–water partition coefficient (Wildman–Crippen LogP) is 3.62. The highest BCUT2D eigenvalue weighted by atomic mass is 19.4. The van der Waals surface area contributed by atoms with Crippen molar-refractivity contribution in [3.63, 3.8) is 0 Å². The summed E-state index contributed by atoms with van der Waals surface area (Å²) in [5, 5.41) is 3.13. The van der Waals surface area contributed by atoms with Crippen LogP contribution in [0, 0.1) is 17.8 Å². The van der Waals surface area contributed by atoms with Crippen molar-refractivity contribution in [2.75, 3.05) is 20.8 Å². The van der Waals surface area contributed by atoms with Crippen LogP contribution < -0.4 is 5.32 Å². The van der Waals surface area contributed by atoms with Crippen LogP contribution in [0.2, 0.25) is 0 Å². The Morgan fingerprint density at radius 1 is 1.26 bits per heavy atom. The van der Waals surface area contributed by atoms with Crippen molar-refractivity contribution < 1.29 is 17.9 Å². The van der Waals surface area contributed by atoms with Crippen molar-refractivity contribution in [3.05, 3.63) is 0 Å². The molecule has 2 nitrogen and oxygen atoms in total. The summed E-state index contributed by atoms with van der Waals surface area (Å²) in [6.07, 6.45) is -0.712. The van der Waals surface area contributed by atoms with Gasteiger partial charge in [0.05, 0.1) is 5.92 Å². The average molecular weight is 281 g/mol. The Kier molecular flexibility index (Phi) is 6.60. The number of rotatable bonds is 6. The van der Waals surface area contributed by atoms with Gasteiger partial charge in [0.1, 0.15) is 0 Å². The highest BCUT2D eigenvalue weighted by molar-refractivity contribution is 4.90. The SMILES string of the molecule is CNC(C(C)CCOC)C1CCCCC1C(F)(F)F. The van der Waals surface area contributed by atoms with E-state index in [1.54, 1.807) is 14.2 Å². The summed E-state index contributed by atoms with van der Waals surface area (Å²) in [6.45, 7) is 2.62. The van der Waals surface area contributed by atoms with Gasteiger partial charge in [0.15, 0.2) is 0 Å². The van der Waals surface area contributed by atoms with Crippen molar-refractivity contribution in [1.82, 2.24) is 5.32 Å². The molecule has 1 aliphatic rings. The fraction of sp³-hybridized carbons (Fsp3) is 1.00. The van der Waals surface area contributed by atoms with E-state index >= 15 is 0 Å². The number of methoxy groups -OCH3 is 1. The van der Waals surface area contributed by atoms with Crippen LogP contribution in [0.4, 0.5) is 13.2 Å². The molecule has 1 N–H and O–H groups in total. The lowest BCUT2D eigenvalue weighted by atomic mass is 9.71. The summed E-state index contributed by atoms with van der Waals surface area (Å²) >= 11 is 0. The highest BCUT2D eigenvalue weighted by Gasteiger charge is 2.48. The average Bonchev–Trinajstić information content (AvgIpc) is 2.36. The van der Waals surface area contributed by atoms with E-state index < -0.39 is 12.1 Å². The van der Waals surface area contributed by atoms with Crippen molar-refractivity contribution in [2.24, 2.45) is 17.8 Å². The van der Waals surface area contributed by atoms with Gasteiger partial charge < -0.3 is 10.1 Å². The molecule has 1 aliphatic carbocycles. The second kappa shape index (κ2) is 7.48. The summed E-state index contributed by atoms with van der Waals surface area (Å²) in [4.78, 5) is 0. The Bertz CT molecular complexity index is 258. The molecule has 0 bridgehead atoms. The molecule has 1 saturated carbocycles. The van der Waals surface area contributed by atoms with Crippen LogP contribution >= 0.6 is 0 Å². The van der Waals surface area contributed by atoms with E-state index in [4.69, 9.17) is 4.74 Å². The first-order valence-electron chi connectivity index (χ1n) is 7.14. The molecule has 4 atom stereocenters. The number of ether oxygens (including phenoxy) is 1. The minimum absolute atomic E-state index is 0.0814. The van der Waals surface area contributed by atoms with E-state index in [0.29, 0.717) is 19.4 Å². The van der Waals surface area contributed by atoms with Gasteiger partial charge in [-0.05, 0) is 38.1 Å². The topological polar surface area (TPSA) is 21.3 Å². The van der Waals surface area contributed by atoms with E-state index in [2.05, 4.69) is 5.32 Å². The molecule has 5 heteroatoms. The summed E-state index contributed by atoms with van der Waals surface area (Å²) < 4.78 is 44.5. The van der Waals surface area contributed by atoms with Crippen LogP contribution in [-0.2, 0) is 4.74 Å². The molecule has 0 radical (unpaired) electrons. The Morgan fingerprint density at radius 2 is 1.89 bits per heavy atom. The quantitative estimate of drug-likeness (QED) is 0.803. The lowest BCUT2D eigenvalue weighted by molar-refractivity contribution is -0.200. The van der Waals surface area contributed by atoms with E-state index in [-0.39, 0.29) is 24.3 Å². The van der Waals surface area contributed by atoms with Crippen LogP contribution in [0.25, 0.3) is 0 Å². The summed E-state index contributed by atoms with van der Waals surface area (Å²) in [7, 11) is 3.40. The maximum absolute atomic E-state index is 13.2. The second-order valence-electron chi connectivity index (χ2n) is 5.67. The maximum Gasteiger partial charge on any atom is 0.392 e. The largest absolute Gasteiger partial charge is 0.392 e. The van der Waals surface area contributed by atoms with Gasteiger partial charge in [-0.25, -0.2) is 0 Å². The van der Waals surface area contributed by atoms with Gasteiger partial charge in [-0.1, -0.05) is 19.8 Å². The van der Waals surface area contributed by atoms with Crippen LogP contribution in [-0.4, -0.2) is 33.0 Å². The molecule has 0 aliphatic heterocycles. The molecule has 0 heterocycles. The molecular weight excluding hydrogens is 255 g/mol. The van der Waals surface area contributed by atoms with E-state index in [9.17, 15) is 13.2 Å². The minimum atomic E-state index is -4.07. The van der Waals surface area contributed by atoms with Crippen molar-refractivity contribution in [2.45, 2.75) is 51.2 Å². The van der Waals surface area contributed by atoms with Crippen LogP contribution in [0.1, 0.15) is 39.0 Å². The van der Waals surface area contributed by atoms with E-state index in [0.717, 1.165) is 12.8 Å². The number of hydrogen-bond acceptors (Lipinski definition) is 2. The predicted molar refractivity (Wildman–Crippen MR) is 70.0 cm³/mol. The standard InChI is InChI=1S/C14H26F3NO/c1-10(8-9-19-3)13(18-2)11-6-4-5-7-12(11)14(15,16)17/h10-13,18H,4-9H2,1-3H3. The zero-order valence-corrected chi connectivity index (χ0v) is 12.1. The normalized spacial score (nSPS) is 28.1. The molecule has 19 heavy (non-hydrogen) atoms. The monoisotopic (exact) mass is 281 g/mol. The third-order valence-corrected chi connectivity index (χ3v) is 4.42. The molecule has 0 aromatic rings. The van der Waals surface area contributed by atoms with Gasteiger partial charge in [-0.2, -0.15) is 13.2 Å². The van der Waals surface area contributed by atoms with Crippen molar-refractivity contribution >= 4 is 0 Å². The molecule has 0 amide bonds. The number of halogens is 3. The van der Waals surface area contributed by atoms with Crippen molar-refractivity contribution in [3.8, 4) is 0 Å². The molecule has 114 valence electrons. The third kappa shape index (κ3) is 4.63. The molecule has 1 fully saturated rings. The van der Waals surface area contributed by atoms with Gasteiger partial charge in [-0.3, -0.25) is 0 Å². The summed E-state index contributed by atoms with van der Waals surface area (Å²) in [5.41, 5.74) is 0. The smallest absolute Gasteiger partial charge is 0.385 e.